The van der Waals surface area contributed by atoms with E-state index in [2.05, 4.69) is 47.0 Å². The lowest BCUT2D eigenvalue weighted by molar-refractivity contribution is -0.116. The lowest BCUT2D eigenvalue weighted by atomic mass is 10.0. The van der Waals surface area contributed by atoms with E-state index >= 15 is 0 Å². The number of carbonyl (C=O) groups excluding carboxylic acids is 1. The van der Waals surface area contributed by atoms with Crippen LogP contribution in [0.4, 0.5) is 0 Å². The van der Waals surface area contributed by atoms with Crippen molar-refractivity contribution in [3.8, 4) is 5.75 Å². The number of methoxy groups -OCH3 is 1. The number of unbranched alkanes of at least 4 members (excludes halogenated alkanes) is 3. The zero-order valence-electron chi connectivity index (χ0n) is 19.6. The molecule has 3 rings (SSSR count). The Labute approximate surface area is 191 Å². The summed E-state index contributed by atoms with van der Waals surface area (Å²) in [6.45, 7) is 2.90. The summed E-state index contributed by atoms with van der Waals surface area (Å²) >= 11 is 0. The number of aryl methyl sites for hydroxylation is 3. The molecule has 0 unspecified atom stereocenters. The van der Waals surface area contributed by atoms with E-state index in [0.29, 0.717) is 6.54 Å². The summed E-state index contributed by atoms with van der Waals surface area (Å²) in [6.07, 6.45) is 14.8. The minimum atomic E-state index is -0.0475. The van der Waals surface area contributed by atoms with Crippen molar-refractivity contribution in [2.45, 2.75) is 51.9 Å². The number of carbonyl (C=O) groups is 1. The van der Waals surface area contributed by atoms with Crippen LogP contribution in [-0.4, -0.2) is 29.1 Å². The quantitative estimate of drug-likeness (QED) is 0.304. The van der Waals surface area contributed by atoms with Crippen LogP contribution in [0, 0.1) is 0 Å². The number of fused-ring (bicyclic) bond motifs is 1. The molecular weight excluding hydrogens is 398 g/mol. The summed E-state index contributed by atoms with van der Waals surface area (Å²) in [5.41, 5.74) is 4.77. The van der Waals surface area contributed by atoms with Crippen LogP contribution in [0.2, 0.25) is 0 Å². The number of nitrogens with one attached hydrogen (secondary N) is 1. The molecule has 170 valence electrons. The van der Waals surface area contributed by atoms with Gasteiger partial charge < -0.3 is 14.6 Å². The number of benzene rings is 1. The molecule has 0 spiro atoms. The lowest BCUT2D eigenvalue weighted by Gasteiger charge is -2.05. The Balaban J connectivity index is 1.63. The van der Waals surface area contributed by atoms with Gasteiger partial charge in [0, 0.05) is 49.2 Å². The van der Waals surface area contributed by atoms with E-state index in [0.717, 1.165) is 49.1 Å². The fraction of sp³-hybridized carbons (Fsp3) is 0.407. The van der Waals surface area contributed by atoms with E-state index in [1.165, 1.54) is 29.4 Å². The van der Waals surface area contributed by atoms with Gasteiger partial charge in [-0.3, -0.25) is 9.78 Å². The minimum absolute atomic E-state index is 0.0475. The molecule has 5 heteroatoms. The van der Waals surface area contributed by atoms with Gasteiger partial charge in [-0.2, -0.15) is 0 Å². The molecule has 0 aliphatic carbocycles. The Morgan fingerprint density at radius 1 is 1.16 bits per heavy atom. The molecule has 5 nitrogen and oxygen atoms in total. The first-order valence-electron chi connectivity index (χ1n) is 11.6. The average molecular weight is 434 g/mol. The third-order valence-electron chi connectivity index (χ3n) is 5.90. The maximum atomic E-state index is 12.4. The second-order valence-corrected chi connectivity index (χ2v) is 8.21. The van der Waals surface area contributed by atoms with Gasteiger partial charge in [-0.15, -0.1) is 0 Å². The van der Waals surface area contributed by atoms with E-state index in [1.54, 1.807) is 19.4 Å². The largest absolute Gasteiger partial charge is 0.497 e. The highest BCUT2D eigenvalue weighted by Crippen LogP contribution is 2.30. The molecular formula is C27H35N3O2. The molecule has 1 aromatic carbocycles. The minimum Gasteiger partial charge on any atom is -0.497 e. The monoisotopic (exact) mass is 433 g/mol. The van der Waals surface area contributed by atoms with Gasteiger partial charge in [-0.25, -0.2) is 0 Å². The summed E-state index contributed by atoms with van der Waals surface area (Å²) in [5, 5.41) is 4.25. The van der Waals surface area contributed by atoms with Crippen LogP contribution in [0.5, 0.6) is 5.75 Å². The molecule has 2 heterocycles. The van der Waals surface area contributed by atoms with Crippen molar-refractivity contribution in [2.24, 2.45) is 7.05 Å². The van der Waals surface area contributed by atoms with Gasteiger partial charge in [-0.1, -0.05) is 25.8 Å². The highest BCUT2D eigenvalue weighted by atomic mass is 16.5. The van der Waals surface area contributed by atoms with Crippen LogP contribution in [0.1, 0.15) is 55.8 Å². The smallest absolute Gasteiger partial charge is 0.244 e. The van der Waals surface area contributed by atoms with Gasteiger partial charge in [0.25, 0.3) is 0 Å². The lowest BCUT2D eigenvalue weighted by Crippen LogP contribution is -2.22. The number of aromatic nitrogens is 2. The number of rotatable bonds is 12. The van der Waals surface area contributed by atoms with E-state index in [4.69, 9.17) is 4.74 Å². The van der Waals surface area contributed by atoms with Gasteiger partial charge >= 0.3 is 0 Å². The van der Waals surface area contributed by atoms with E-state index in [-0.39, 0.29) is 5.91 Å². The molecule has 3 aromatic rings. The summed E-state index contributed by atoms with van der Waals surface area (Å²) < 4.78 is 7.58. The van der Waals surface area contributed by atoms with Crippen LogP contribution in [0.25, 0.3) is 17.0 Å². The zero-order chi connectivity index (χ0) is 22.8. The molecule has 32 heavy (non-hydrogen) atoms. The van der Waals surface area contributed by atoms with E-state index in [1.807, 2.05) is 24.4 Å². The van der Waals surface area contributed by atoms with Gasteiger partial charge in [0.1, 0.15) is 5.75 Å². The number of pyridine rings is 1. The van der Waals surface area contributed by atoms with E-state index in [9.17, 15) is 4.79 Å². The molecule has 2 aromatic heterocycles. The standard InChI is InChI=1S/C27H35N3O2/c1-4-5-6-12-23-24-14-13-22(32-3)19-26(24)30(2)25(23)15-16-27(31)29-18-8-7-10-21-11-9-17-28-20-21/h9,11,13-17,19-20H,4-8,10,12,18H2,1-3H3,(H,29,31)/b16-15+. The van der Waals surface area contributed by atoms with Crippen molar-refractivity contribution in [3.63, 3.8) is 0 Å². The third-order valence-corrected chi connectivity index (χ3v) is 5.90. The van der Waals surface area contributed by atoms with Crippen molar-refractivity contribution in [2.75, 3.05) is 13.7 Å². The molecule has 0 fully saturated rings. The molecule has 0 bridgehead atoms. The van der Waals surface area contributed by atoms with Gasteiger partial charge in [-0.05, 0) is 67.5 Å². The first-order valence-corrected chi connectivity index (χ1v) is 11.6. The number of ether oxygens (including phenoxy) is 1. The second kappa shape index (κ2) is 12.1. The molecule has 0 aliphatic heterocycles. The predicted octanol–water partition coefficient (Wildman–Crippen LogP) is 5.47. The Hall–Kier alpha value is -3.08. The molecule has 0 radical (unpaired) electrons. The van der Waals surface area contributed by atoms with Crippen molar-refractivity contribution in [1.29, 1.82) is 0 Å². The van der Waals surface area contributed by atoms with Crippen molar-refractivity contribution < 1.29 is 9.53 Å². The molecule has 1 amide bonds. The van der Waals surface area contributed by atoms with Crippen molar-refractivity contribution in [1.82, 2.24) is 14.9 Å². The SMILES string of the molecule is CCCCCc1c(/C=C/C(=O)NCCCCc2cccnc2)n(C)c2cc(OC)ccc12. The van der Waals surface area contributed by atoms with Gasteiger partial charge in [0.05, 0.1) is 12.6 Å². The Kier molecular flexibility index (Phi) is 8.90. The average Bonchev–Trinajstić information content (AvgIpc) is 3.08. The second-order valence-electron chi connectivity index (χ2n) is 8.21. The Morgan fingerprint density at radius 3 is 2.75 bits per heavy atom. The van der Waals surface area contributed by atoms with Crippen LogP contribution in [0.15, 0.2) is 48.8 Å². The topological polar surface area (TPSA) is 56.2 Å². The Morgan fingerprint density at radius 2 is 2.00 bits per heavy atom. The fourth-order valence-corrected chi connectivity index (χ4v) is 4.09. The van der Waals surface area contributed by atoms with Crippen molar-refractivity contribution in [3.05, 3.63) is 65.6 Å². The summed E-state index contributed by atoms with van der Waals surface area (Å²) in [4.78, 5) is 16.6. The number of hydrogen-bond donors (Lipinski definition) is 1. The zero-order valence-corrected chi connectivity index (χ0v) is 19.6. The molecule has 0 aliphatic rings. The van der Waals surface area contributed by atoms with Gasteiger partial charge in [0.15, 0.2) is 0 Å². The summed E-state index contributed by atoms with van der Waals surface area (Å²) in [5.74, 6) is 0.798. The van der Waals surface area contributed by atoms with Crippen LogP contribution in [-0.2, 0) is 24.7 Å². The number of amides is 1. The van der Waals surface area contributed by atoms with Crippen LogP contribution in [0.3, 0.4) is 0 Å². The molecule has 0 atom stereocenters. The van der Waals surface area contributed by atoms with E-state index < -0.39 is 0 Å². The normalized spacial score (nSPS) is 11.3. The fourth-order valence-electron chi connectivity index (χ4n) is 4.09. The first-order chi connectivity index (χ1) is 15.6. The molecule has 0 saturated heterocycles. The molecule has 0 saturated carbocycles. The Bertz CT molecular complexity index is 1040. The van der Waals surface area contributed by atoms with Crippen molar-refractivity contribution >= 4 is 22.9 Å². The molecule has 1 N–H and O–H groups in total. The van der Waals surface area contributed by atoms with Crippen LogP contribution < -0.4 is 10.1 Å². The number of nitrogens with zero attached hydrogens (tertiary/aromatic N) is 2. The predicted molar refractivity (Wildman–Crippen MR) is 132 cm³/mol. The third kappa shape index (κ3) is 6.22. The first kappa shape index (κ1) is 23.6. The van der Waals surface area contributed by atoms with Crippen LogP contribution >= 0.6 is 0 Å². The van der Waals surface area contributed by atoms with Gasteiger partial charge in [0.2, 0.25) is 5.91 Å². The maximum Gasteiger partial charge on any atom is 0.244 e. The summed E-state index contributed by atoms with van der Waals surface area (Å²) in [6, 6.07) is 10.3. The summed E-state index contributed by atoms with van der Waals surface area (Å²) in [7, 11) is 3.75. The maximum absolute atomic E-state index is 12.4. The highest BCUT2D eigenvalue weighted by Gasteiger charge is 2.14. The number of hydrogen-bond acceptors (Lipinski definition) is 3. The highest BCUT2D eigenvalue weighted by molar-refractivity contribution is 5.94.